The second-order valence-corrected chi connectivity index (χ2v) is 9.55. The van der Waals surface area contributed by atoms with E-state index in [2.05, 4.69) is 46.4 Å². The van der Waals surface area contributed by atoms with Gasteiger partial charge in [0.1, 0.15) is 0 Å². The minimum Gasteiger partial charge on any atom is -0.331 e. The van der Waals surface area contributed by atoms with Crippen molar-refractivity contribution in [2.45, 2.75) is 37.9 Å². The minimum atomic E-state index is -0.140. The lowest BCUT2D eigenvalue weighted by molar-refractivity contribution is 0.115. The first-order chi connectivity index (χ1) is 15.0. The third kappa shape index (κ3) is 3.89. The van der Waals surface area contributed by atoms with E-state index in [-0.39, 0.29) is 11.6 Å². The molecule has 7 heteroatoms. The molecule has 2 aliphatic rings. The molecule has 0 aliphatic carbocycles. The topological polar surface area (TPSA) is 72.3 Å². The summed E-state index contributed by atoms with van der Waals surface area (Å²) in [6.07, 6.45) is 1.90. The summed E-state index contributed by atoms with van der Waals surface area (Å²) in [7, 11) is 0. The molecule has 2 aliphatic heterocycles. The fraction of sp³-hybridized carbons (Fsp3) is 0.375. The molecule has 2 saturated heterocycles. The number of carbonyl (C=O) groups is 1. The van der Waals surface area contributed by atoms with E-state index in [1.54, 1.807) is 11.3 Å². The molecule has 6 nitrogen and oxygen atoms in total. The average molecular weight is 432 g/mol. The quantitative estimate of drug-likeness (QED) is 0.669. The number of fused-ring (bicyclic) bond motifs is 1. The van der Waals surface area contributed by atoms with E-state index in [1.165, 1.54) is 10.3 Å². The van der Waals surface area contributed by atoms with Crippen LogP contribution in [0.5, 0.6) is 0 Å². The summed E-state index contributed by atoms with van der Waals surface area (Å²) in [6.45, 7) is 5.49. The van der Waals surface area contributed by atoms with Crippen LogP contribution < -0.4 is 5.32 Å². The monoisotopic (exact) mass is 431 g/mol. The van der Waals surface area contributed by atoms with Crippen LogP contribution in [0, 0.1) is 11.3 Å². The van der Waals surface area contributed by atoms with Crippen molar-refractivity contribution in [1.29, 1.82) is 5.26 Å². The number of nitrogens with zero attached hydrogens (tertiary/aromatic N) is 4. The number of rotatable bonds is 4. The van der Waals surface area contributed by atoms with E-state index in [0.29, 0.717) is 18.2 Å². The SMILES string of the molecule is C[C@H](c1ccc2scnc2c1)N1CCC2(CC1)CN(Cc1ccc(C#N)cc1)C(=O)N2. The lowest BCUT2D eigenvalue weighted by Crippen LogP contribution is -2.52. The van der Waals surface area contributed by atoms with Gasteiger partial charge < -0.3 is 10.2 Å². The fourth-order valence-corrected chi connectivity index (χ4v) is 5.44. The van der Waals surface area contributed by atoms with E-state index in [4.69, 9.17) is 5.26 Å². The first kappa shape index (κ1) is 20.0. The number of nitrogens with one attached hydrogen (secondary N) is 1. The van der Waals surface area contributed by atoms with E-state index in [1.807, 2.05) is 34.7 Å². The first-order valence-corrected chi connectivity index (χ1v) is 11.6. The highest BCUT2D eigenvalue weighted by atomic mass is 32.1. The number of likely N-dealkylation sites (tertiary alicyclic amines) is 1. The van der Waals surface area contributed by atoms with Crippen LogP contribution in [-0.4, -0.2) is 46.0 Å². The molecular formula is C24H25N5OS. The van der Waals surface area contributed by atoms with Crippen molar-refractivity contribution in [2.75, 3.05) is 19.6 Å². The summed E-state index contributed by atoms with van der Waals surface area (Å²) in [4.78, 5) is 21.5. The van der Waals surface area contributed by atoms with Gasteiger partial charge in [0, 0.05) is 32.2 Å². The Morgan fingerprint density at radius 3 is 2.74 bits per heavy atom. The highest BCUT2D eigenvalue weighted by Gasteiger charge is 2.44. The van der Waals surface area contributed by atoms with Crippen molar-refractivity contribution in [3.8, 4) is 6.07 Å². The van der Waals surface area contributed by atoms with Gasteiger partial charge in [0.2, 0.25) is 0 Å². The van der Waals surface area contributed by atoms with Gasteiger partial charge in [0.25, 0.3) is 0 Å². The number of urea groups is 1. The molecule has 3 aromatic rings. The van der Waals surface area contributed by atoms with Crippen LogP contribution in [0.2, 0.25) is 0 Å². The number of aromatic nitrogens is 1. The maximum absolute atomic E-state index is 12.7. The van der Waals surface area contributed by atoms with E-state index < -0.39 is 0 Å². The number of thiazole rings is 1. The Kier molecular flexibility index (Phi) is 5.12. The molecule has 5 rings (SSSR count). The maximum atomic E-state index is 12.7. The van der Waals surface area contributed by atoms with Gasteiger partial charge >= 0.3 is 6.03 Å². The second kappa shape index (κ2) is 7.95. The van der Waals surface area contributed by atoms with Gasteiger partial charge in [-0.1, -0.05) is 18.2 Å². The van der Waals surface area contributed by atoms with Gasteiger partial charge in [-0.15, -0.1) is 11.3 Å². The number of carbonyl (C=O) groups excluding carboxylic acids is 1. The molecule has 2 aromatic carbocycles. The Balaban J connectivity index is 1.22. The Labute approximate surface area is 186 Å². The van der Waals surface area contributed by atoms with Gasteiger partial charge in [0.15, 0.2) is 0 Å². The standard InChI is InChI=1S/C24H25N5OS/c1-17(20-6-7-22-21(12-20)26-16-31-22)28-10-8-24(9-11-28)15-29(23(30)27-24)14-19-4-2-18(13-25)3-5-19/h2-7,12,16-17H,8-11,14-15H2,1H3,(H,27,30)/t17-/m1/s1. The molecular weight excluding hydrogens is 406 g/mol. The number of benzene rings is 2. The molecule has 0 bridgehead atoms. The summed E-state index contributed by atoms with van der Waals surface area (Å²) in [5.41, 5.74) is 5.82. The number of amides is 2. The average Bonchev–Trinajstić information content (AvgIpc) is 3.38. The number of piperidine rings is 1. The smallest absolute Gasteiger partial charge is 0.318 e. The van der Waals surface area contributed by atoms with Crippen LogP contribution >= 0.6 is 11.3 Å². The summed E-state index contributed by atoms with van der Waals surface area (Å²) in [6, 6.07) is 16.5. The summed E-state index contributed by atoms with van der Waals surface area (Å²) >= 11 is 1.67. The molecule has 3 heterocycles. The Bertz CT molecular complexity index is 1140. The molecule has 0 radical (unpaired) electrons. The molecule has 1 N–H and O–H groups in total. The zero-order valence-corrected chi connectivity index (χ0v) is 18.4. The molecule has 0 saturated carbocycles. The van der Waals surface area contributed by atoms with Gasteiger partial charge in [-0.25, -0.2) is 9.78 Å². The molecule has 1 spiro atoms. The van der Waals surface area contributed by atoms with E-state index in [9.17, 15) is 4.79 Å². The summed E-state index contributed by atoms with van der Waals surface area (Å²) in [5, 5.41) is 12.2. The molecule has 2 amide bonds. The lowest BCUT2D eigenvalue weighted by Gasteiger charge is -2.41. The van der Waals surface area contributed by atoms with Crippen molar-refractivity contribution in [2.24, 2.45) is 0 Å². The van der Waals surface area contributed by atoms with Crippen LogP contribution in [0.25, 0.3) is 10.2 Å². The third-order valence-corrected chi connectivity index (χ3v) is 7.56. The van der Waals surface area contributed by atoms with Crippen molar-refractivity contribution >= 4 is 27.6 Å². The van der Waals surface area contributed by atoms with Crippen LogP contribution in [-0.2, 0) is 6.54 Å². The minimum absolute atomic E-state index is 0.0137. The van der Waals surface area contributed by atoms with Gasteiger partial charge in [-0.2, -0.15) is 5.26 Å². The Morgan fingerprint density at radius 1 is 1.23 bits per heavy atom. The largest absolute Gasteiger partial charge is 0.331 e. The number of hydrogen-bond donors (Lipinski definition) is 1. The highest BCUT2D eigenvalue weighted by molar-refractivity contribution is 7.16. The van der Waals surface area contributed by atoms with Crippen molar-refractivity contribution in [1.82, 2.24) is 20.1 Å². The predicted molar refractivity (Wildman–Crippen MR) is 122 cm³/mol. The first-order valence-electron chi connectivity index (χ1n) is 10.7. The fourth-order valence-electron chi connectivity index (χ4n) is 4.78. The Hall–Kier alpha value is -2.95. The van der Waals surface area contributed by atoms with Crippen molar-refractivity contribution in [3.63, 3.8) is 0 Å². The van der Waals surface area contributed by atoms with E-state index >= 15 is 0 Å². The predicted octanol–water partition coefficient (Wildman–Crippen LogP) is 4.29. The summed E-state index contributed by atoms with van der Waals surface area (Å²) in [5.74, 6) is 0. The molecule has 1 atom stereocenters. The highest BCUT2D eigenvalue weighted by Crippen LogP contribution is 2.33. The summed E-state index contributed by atoms with van der Waals surface area (Å²) < 4.78 is 1.23. The zero-order chi connectivity index (χ0) is 21.4. The normalized spacial score (nSPS) is 19.5. The number of nitriles is 1. The van der Waals surface area contributed by atoms with Crippen molar-refractivity contribution < 1.29 is 4.79 Å². The van der Waals surface area contributed by atoms with Crippen LogP contribution in [0.4, 0.5) is 4.79 Å². The van der Waals surface area contributed by atoms with Crippen molar-refractivity contribution in [3.05, 3.63) is 64.7 Å². The van der Waals surface area contributed by atoms with Gasteiger partial charge in [0.05, 0.1) is 32.9 Å². The van der Waals surface area contributed by atoms with Crippen LogP contribution in [0.15, 0.2) is 48.0 Å². The van der Waals surface area contributed by atoms with Crippen LogP contribution in [0.1, 0.15) is 42.5 Å². The molecule has 158 valence electrons. The van der Waals surface area contributed by atoms with E-state index in [0.717, 1.165) is 43.6 Å². The zero-order valence-electron chi connectivity index (χ0n) is 17.5. The number of hydrogen-bond acceptors (Lipinski definition) is 5. The molecule has 0 unspecified atom stereocenters. The maximum Gasteiger partial charge on any atom is 0.318 e. The molecule has 1 aromatic heterocycles. The van der Waals surface area contributed by atoms with Crippen LogP contribution in [0.3, 0.4) is 0 Å². The molecule has 2 fully saturated rings. The van der Waals surface area contributed by atoms with Gasteiger partial charge in [-0.3, -0.25) is 4.90 Å². The lowest BCUT2D eigenvalue weighted by atomic mass is 9.87. The third-order valence-electron chi connectivity index (χ3n) is 6.75. The second-order valence-electron chi connectivity index (χ2n) is 8.67. The Morgan fingerprint density at radius 2 is 2.00 bits per heavy atom. The molecule has 31 heavy (non-hydrogen) atoms. The van der Waals surface area contributed by atoms with Gasteiger partial charge in [-0.05, 0) is 55.2 Å².